The van der Waals surface area contributed by atoms with Crippen molar-refractivity contribution >= 4 is 22.4 Å². The lowest BCUT2D eigenvalue weighted by Crippen LogP contribution is -2.51. The predicted octanol–water partition coefficient (Wildman–Crippen LogP) is 0.656. The van der Waals surface area contributed by atoms with Gasteiger partial charge < -0.3 is 20.5 Å². The molecule has 116 valence electrons. The Morgan fingerprint density at radius 2 is 2.43 bits per heavy atom. The molecule has 0 unspecified atom stereocenters. The van der Waals surface area contributed by atoms with Crippen LogP contribution in [0.3, 0.4) is 0 Å². The van der Waals surface area contributed by atoms with Crippen LogP contribution >= 0.6 is 11.3 Å². The third-order valence-corrected chi connectivity index (χ3v) is 5.10. The zero-order valence-electron chi connectivity index (χ0n) is 11.9. The summed E-state index contributed by atoms with van der Waals surface area (Å²) in [7, 11) is 0. The first-order valence-electron chi connectivity index (χ1n) is 7.39. The van der Waals surface area contributed by atoms with Gasteiger partial charge in [0.05, 0.1) is 24.4 Å². The molecule has 21 heavy (non-hydrogen) atoms. The highest BCUT2D eigenvalue weighted by Crippen LogP contribution is 2.34. The topological polar surface area (TPSA) is 88.7 Å². The molecule has 2 fully saturated rings. The molecular weight excluding hydrogens is 290 g/mol. The van der Waals surface area contributed by atoms with E-state index in [2.05, 4.69) is 4.98 Å². The van der Waals surface area contributed by atoms with Crippen LogP contribution in [0.1, 0.15) is 25.0 Å². The zero-order valence-corrected chi connectivity index (χ0v) is 12.7. The number of rotatable bonds is 4. The Morgan fingerprint density at radius 3 is 3.14 bits per heavy atom. The lowest BCUT2D eigenvalue weighted by Gasteiger charge is -2.37. The van der Waals surface area contributed by atoms with Gasteiger partial charge >= 0.3 is 0 Å². The van der Waals surface area contributed by atoms with Crippen molar-refractivity contribution in [2.75, 3.05) is 25.5 Å². The van der Waals surface area contributed by atoms with Gasteiger partial charge in [0.1, 0.15) is 0 Å². The number of nitrogens with zero attached hydrogens (tertiary/aromatic N) is 2. The van der Waals surface area contributed by atoms with Crippen molar-refractivity contribution in [2.24, 2.45) is 5.92 Å². The fourth-order valence-electron chi connectivity index (χ4n) is 3.33. The number of amides is 1. The number of carbonyl (C=O) groups is 1. The molecule has 3 atom stereocenters. The van der Waals surface area contributed by atoms with Gasteiger partial charge in [0.15, 0.2) is 5.13 Å². The smallest absolute Gasteiger partial charge is 0.223 e. The number of thiazole rings is 1. The number of ether oxygens (including phenoxy) is 1. The summed E-state index contributed by atoms with van der Waals surface area (Å²) in [6, 6.07) is 0.129. The standard InChI is InChI=1S/C14H21N3O3S/c15-14-16-10(8-21-14)1-2-13(19)17-3-4-20-12-6-9(7-18)5-11(12)17/h8-9,11-12,18H,1-7H2,(H2,15,16)/t9-,11+,12+/m1/s1. The van der Waals surface area contributed by atoms with Crippen LogP contribution in [0, 0.1) is 5.92 Å². The number of fused-ring (bicyclic) bond motifs is 1. The molecule has 1 saturated heterocycles. The third-order valence-electron chi connectivity index (χ3n) is 4.38. The molecular formula is C14H21N3O3S. The van der Waals surface area contributed by atoms with Crippen molar-refractivity contribution in [1.82, 2.24) is 9.88 Å². The Hall–Kier alpha value is -1.18. The molecule has 1 amide bonds. The van der Waals surface area contributed by atoms with Gasteiger partial charge in [-0.3, -0.25) is 4.79 Å². The monoisotopic (exact) mass is 311 g/mol. The maximum Gasteiger partial charge on any atom is 0.223 e. The molecule has 1 saturated carbocycles. The summed E-state index contributed by atoms with van der Waals surface area (Å²) in [4.78, 5) is 18.6. The lowest BCUT2D eigenvalue weighted by atomic mass is 10.1. The number of aliphatic hydroxyl groups is 1. The fraction of sp³-hybridized carbons (Fsp3) is 0.714. The van der Waals surface area contributed by atoms with Gasteiger partial charge in [0.2, 0.25) is 5.91 Å². The maximum atomic E-state index is 12.5. The van der Waals surface area contributed by atoms with Crippen LogP contribution in [0.5, 0.6) is 0 Å². The van der Waals surface area contributed by atoms with E-state index in [1.165, 1.54) is 11.3 Å². The summed E-state index contributed by atoms with van der Waals surface area (Å²) in [6.07, 6.45) is 2.88. The number of anilines is 1. The van der Waals surface area contributed by atoms with E-state index >= 15 is 0 Å². The van der Waals surface area contributed by atoms with Gasteiger partial charge in [-0.15, -0.1) is 11.3 Å². The number of aromatic nitrogens is 1. The normalized spacial score (nSPS) is 28.6. The lowest BCUT2D eigenvalue weighted by molar-refractivity contribution is -0.143. The summed E-state index contributed by atoms with van der Waals surface area (Å²) >= 11 is 1.40. The minimum Gasteiger partial charge on any atom is -0.396 e. The van der Waals surface area contributed by atoms with Gasteiger partial charge in [0, 0.05) is 25.0 Å². The number of nitrogens with two attached hydrogens (primary N) is 1. The molecule has 0 radical (unpaired) electrons. The Kier molecular flexibility index (Phi) is 4.42. The van der Waals surface area contributed by atoms with E-state index in [1.54, 1.807) is 0 Å². The van der Waals surface area contributed by atoms with Crippen LogP contribution in [0.15, 0.2) is 5.38 Å². The van der Waals surface area contributed by atoms with Crippen molar-refractivity contribution in [3.8, 4) is 0 Å². The number of nitrogen functional groups attached to an aromatic ring is 1. The quantitative estimate of drug-likeness (QED) is 0.852. The molecule has 3 rings (SSSR count). The SMILES string of the molecule is Nc1nc(CCC(=O)N2CCO[C@H]3C[C@H](CO)C[C@@H]32)cs1. The minimum absolute atomic E-state index is 0.0924. The van der Waals surface area contributed by atoms with Crippen LogP contribution in [0.4, 0.5) is 5.13 Å². The summed E-state index contributed by atoms with van der Waals surface area (Å²) < 4.78 is 5.75. The number of morpholine rings is 1. The van der Waals surface area contributed by atoms with Crippen LogP contribution < -0.4 is 5.73 Å². The highest BCUT2D eigenvalue weighted by atomic mass is 32.1. The first-order chi connectivity index (χ1) is 10.2. The highest BCUT2D eigenvalue weighted by molar-refractivity contribution is 7.13. The summed E-state index contributed by atoms with van der Waals surface area (Å²) in [5, 5.41) is 11.8. The second kappa shape index (κ2) is 6.29. The number of hydrogen-bond donors (Lipinski definition) is 2. The Labute approximate surface area is 127 Å². The van der Waals surface area contributed by atoms with Gasteiger partial charge in [-0.2, -0.15) is 0 Å². The van der Waals surface area contributed by atoms with Crippen LogP contribution in [-0.4, -0.2) is 52.8 Å². The minimum atomic E-state index is 0.0924. The van der Waals surface area contributed by atoms with Crippen LogP contribution in [-0.2, 0) is 16.0 Å². The zero-order chi connectivity index (χ0) is 14.8. The molecule has 7 heteroatoms. The first-order valence-corrected chi connectivity index (χ1v) is 8.27. The largest absolute Gasteiger partial charge is 0.396 e. The van der Waals surface area contributed by atoms with Gasteiger partial charge in [-0.1, -0.05) is 0 Å². The van der Waals surface area contributed by atoms with Crippen LogP contribution in [0.25, 0.3) is 0 Å². The van der Waals surface area contributed by atoms with E-state index in [-0.39, 0.29) is 30.6 Å². The predicted molar refractivity (Wildman–Crippen MR) is 79.9 cm³/mol. The molecule has 6 nitrogen and oxygen atoms in total. The van der Waals surface area contributed by atoms with Gasteiger partial charge in [0.25, 0.3) is 0 Å². The average molecular weight is 311 g/mol. The second-order valence-corrected chi connectivity index (χ2v) is 6.65. The van der Waals surface area contributed by atoms with E-state index in [0.29, 0.717) is 31.1 Å². The molecule has 0 bridgehead atoms. The highest BCUT2D eigenvalue weighted by Gasteiger charge is 2.42. The fourth-order valence-corrected chi connectivity index (χ4v) is 3.92. The van der Waals surface area contributed by atoms with Gasteiger partial charge in [-0.05, 0) is 25.2 Å². The van der Waals surface area contributed by atoms with Crippen LogP contribution in [0.2, 0.25) is 0 Å². The number of hydrogen-bond acceptors (Lipinski definition) is 6. The first kappa shape index (κ1) is 14.7. The molecule has 1 aliphatic carbocycles. The molecule has 1 aromatic rings. The van der Waals surface area contributed by atoms with Crippen molar-refractivity contribution in [3.05, 3.63) is 11.1 Å². The Bertz CT molecular complexity index is 507. The van der Waals surface area contributed by atoms with Gasteiger partial charge in [-0.25, -0.2) is 4.98 Å². The molecule has 1 aliphatic heterocycles. The van der Waals surface area contributed by atoms with Crippen molar-refractivity contribution in [3.63, 3.8) is 0 Å². The number of aliphatic hydroxyl groups excluding tert-OH is 1. The maximum absolute atomic E-state index is 12.5. The number of carbonyl (C=O) groups excluding carboxylic acids is 1. The Balaban J connectivity index is 1.58. The third kappa shape index (κ3) is 3.20. The molecule has 0 spiro atoms. The summed E-state index contributed by atoms with van der Waals surface area (Å²) in [5.74, 6) is 0.408. The van der Waals surface area contributed by atoms with Crippen molar-refractivity contribution in [2.45, 2.75) is 37.8 Å². The second-order valence-electron chi connectivity index (χ2n) is 5.76. The summed E-state index contributed by atoms with van der Waals surface area (Å²) in [5.41, 5.74) is 6.48. The van der Waals surface area contributed by atoms with E-state index in [4.69, 9.17) is 10.5 Å². The van der Waals surface area contributed by atoms with E-state index in [0.717, 1.165) is 18.5 Å². The van der Waals surface area contributed by atoms with Crippen molar-refractivity contribution < 1.29 is 14.6 Å². The summed E-state index contributed by atoms with van der Waals surface area (Å²) in [6.45, 7) is 1.42. The molecule has 0 aromatic carbocycles. The average Bonchev–Trinajstić information content (AvgIpc) is 3.09. The number of aryl methyl sites for hydroxylation is 1. The van der Waals surface area contributed by atoms with E-state index < -0.39 is 0 Å². The van der Waals surface area contributed by atoms with E-state index in [9.17, 15) is 9.90 Å². The van der Waals surface area contributed by atoms with E-state index in [1.807, 2.05) is 10.3 Å². The molecule has 1 aromatic heterocycles. The molecule has 2 heterocycles. The van der Waals surface area contributed by atoms with Crippen molar-refractivity contribution in [1.29, 1.82) is 0 Å². The molecule has 2 aliphatic rings. The molecule has 3 N–H and O–H groups in total. The Morgan fingerprint density at radius 1 is 1.57 bits per heavy atom.